The van der Waals surface area contributed by atoms with E-state index < -0.39 is 0 Å². The number of nitrogens with zero attached hydrogens (tertiary/aromatic N) is 2. The minimum Gasteiger partial charge on any atom is -0.443 e. The highest BCUT2D eigenvalue weighted by Crippen LogP contribution is 2.26. The summed E-state index contributed by atoms with van der Waals surface area (Å²) in [7, 11) is 0. The number of benzene rings is 1. The minimum absolute atomic E-state index is 0.176. The quantitative estimate of drug-likeness (QED) is 0.783. The van der Waals surface area contributed by atoms with Crippen LogP contribution in [0.2, 0.25) is 0 Å². The van der Waals surface area contributed by atoms with Gasteiger partial charge in [-0.3, -0.25) is 9.36 Å². The van der Waals surface area contributed by atoms with E-state index in [1.807, 2.05) is 50.2 Å². The Bertz CT molecular complexity index is 946. The first-order valence-corrected chi connectivity index (χ1v) is 8.06. The molecule has 0 saturated carbocycles. The number of rotatable bonds is 4. The van der Waals surface area contributed by atoms with Gasteiger partial charge in [-0.15, -0.1) is 0 Å². The summed E-state index contributed by atoms with van der Waals surface area (Å²) in [4.78, 5) is 12.8. The van der Waals surface area contributed by atoms with E-state index in [9.17, 15) is 10.1 Å². The molecule has 0 radical (unpaired) electrons. The van der Waals surface area contributed by atoms with Gasteiger partial charge >= 0.3 is 0 Å². The fourth-order valence-corrected chi connectivity index (χ4v) is 2.98. The first kappa shape index (κ1) is 16.6. The van der Waals surface area contributed by atoms with Crippen molar-refractivity contribution in [3.63, 3.8) is 0 Å². The van der Waals surface area contributed by atoms with E-state index >= 15 is 0 Å². The molecule has 1 unspecified atom stereocenters. The number of aryl methyl sites for hydroxylation is 2. The average molecular weight is 333 g/mol. The number of furan rings is 1. The maximum atomic E-state index is 12.8. The molecule has 2 aromatic heterocycles. The van der Waals surface area contributed by atoms with Crippen molar-refractivity contribution in [1.82, 2.24) is 9.88 Å². The Morgan fingerprint density at radius 3 is 2.52 bits per heavy atom. The lowest BCUT2D eigenvalue weighted by molar-refractivity contribution is 0.0938. The van der Waals surface area contributed by atoms with E-state index in [0.717, 1.165) is 11.1 Å². The van der Waals surface area contributed by atoms with Gasteiger partial charge in [-0.1, -0.05) is 24.3 Å². The Labute approximate surface area is 146 Å². The molecule has 3 aromatic rings. The van der Waals surface area contributed by atoms with Gasteiger partial charge in [0, 0.05) is 12.4 Å². The second kappa shape index (κ2) is 6.70. The molecule has 0 aliphatic rings. The zero-order valence-corrected chi connectivity index (χ0v) is 14.4. The van der Waals surface area contributed by atoms with Crippen LogP contribution >= 0.6 is 0 Å². The average Bonchev–Trinajstić information content (AvgIpc) is 3.22. The molecule has 5 heteroatoms. The molecule has 25 heavy (non-hydrogen) atoms. The fraction of sp³-hybridized carbons (Fsp3) is 0.200. The molecule has 0 aliphatic heterocycles. The smallest absolute Gasteiger partial charge is 0.256 e. The number of amides is 1. The van der Waals surface area contributed by atoms with Gasteiger partial charge in [-0.05, 0) is 44.0 Å². The fourth-order valence-electron chi connectivity index (χ4n) is 2.98. The van der Waals surface area contributed by atoms with Gasteiger partial charge in [0.25, 0.3) is 5.91 Å². The summed E-state index contributed by atoms with van der Waals surface area (Å²) in [5, 5.41) is 12.5. The first-order chi connectivity index (χ1) is 12.0. The molecular formula is C20H19N3O2. The summed E-state index contributed by atoms with van der Waals surface area (Å²) in [5.41, 5.74) is 2.67. The third kappa shape index (κ3) is 3.07. The molecule has 0 saturated heterocycles. The normalized spacial score (nSPS) is 11.8. The molecule has 0 spiro atoms. The van der Waals surface area contributed by atoms with Crippen LogP contribution in [0.3, 0.4) is 0 Å². The van der Waals surface area contributed by atoms with Crippen LogP contribution in [0.5, 0.6) is 0 Å². The highest BCUT2D eigenvalue weighted by Gasteiger charge is 2.25. The SMILES string of the molecule is Cc1ccccc1C(C)NC(=O)c1c(C)oc(-n2cccc2)c1C#N. The molecule has 1 amide bonds. The van der Waals surface area contributed by atoms with E-state index in [1.54, 1.807) is 23.9 Å². The summed E-state index contributed by atoms with van der Waals surface area (Å²) in [6.07, 6.45) is 3.55. The van der Waals surface area contributed by atoms with Crippen LogP contribution in [0.4, 0.5) is 0 Å². The standard InChI is InChI=1S/C20H19N3O2/c1-13-8-4-5-9-16(13)14(2)22-19(24)18-15(3)25-20(17(18)12-21)23-10-6-7-11-23/h4-11,14H,1-3H3,(H,22,24). The number of hydrogen-bond acceptors (Lipinski definition) is 3. The van der Waals surface area contributed by atoms with Crippen molar-refractivity contribution in [2.75, 3.05) is 0 Å². The highest BCUT2D eigenvalue weighted by atomic mass is 16.4. The number of nitrogens with one attached hydrogen (secondary N) is 1. The number of carbonyl (C=O) groups is 1. The van der Waals surface area contributed by atoms with Gasteiger partial charge < -0.3 is 9.73 Å². The summed E-state index contributed by atoms with van der Waals surface area (Å²) in [6.45, 7) is 5.63. The van der Waals surface area contributed by atoms with Crippen LogP contribution in [-0.2, 0) is 0 Å². The predicted octanol–water partition coefficient (Wildman–Crippen LogP) is 4.05. The lowest BCUT2D eigenvalue weighted by Crippen LogP contribution is -2.28. The van der Waals surface area contributed by atoms with Gasteiger partial charge in [0.2, 0.25) is 5.88 Å². The van der Waals surface area contributed by atoms with E-state index in [4.69, 9.17) is 4.42 Å². The van der Waals surface area contributed by atoms with Crippen molar-refractivity contribution in [3.05, 3.63) is 76.8 Å². The molecule has 1 atom stereocenters. The van der Waals surface area contributed by atoms with Crippen LogP contribution in [-0.4, -0.2) is 10.5 Å². The van der Waals surface area contributed by atoms with Gasteiger partial charge in [-0.2, -0.15) is 5.26 Å². The molecule has 0 aliphatic carbocycles. The Hall–Kier alpha value is -3.26. The molecule has 1 N–H and O–H groups in total. The van der Waals surface area contributed by atoms with Gasteiger partial charge in [-0.25, -0.2) is 0 Å². The first-order valence-electron chi connectivity index (χ1n) is 8.06. The number of hydrogen-bond donors (Lipinski definition) is 1. The largest absolute Gasteiger partial charge is 0.443 e. The third-order valence-electron chi connectivity index (χ3n) is 4.25. The van der Waals surface area contributed by atoms with E-state index in [2.05, 4.69) is 11.4 Å². The van der Waals surface area contributed by atoms with E-state index in [-0.39, 0.29) is 23.1 Å². The molecule has 3 rings (SSSR count). The van der Waals surface area contributed by atoms with Crippen LogP contribution in [0, 0.1) is 25.2 Å². The zero-order chi connectivity index (χ0) is 18.0. The molecule has 5 nitrogen and oxygen atoms in total. The van der Waals surface area contributed by atoms with Crippen molar-refractivity contribution in [1.29, 1.82) is 5.26 Å². The summed E-state index contributed by atoms with van der Waals surface area (Å²) in [6, 6.07) is 13.5. The maximum Gasteiger partial charge on any atom is 0.256 e. The molecule has 0 bridgehead atoms. The monoisotopic (exact) mass is 333 g/mol. The Morgan fingerprint density at radius 2 is 1.88 bits per heavy atom. The Kier molecular flexibility index (Phi) is 4.44. The van der Waals surface area contributed by atoms with Crippen LogP contribution in [0.25, 0.3) is 5.88 Å². The molecule has 1 aromatic carbocycles. The number of aromatic nitrogens is 1. The van der Waals surface area contributed by atoms with E-state index in [0.29, 0.717) is 11.6 Å². The maximum absolute atomic E-state index is 12.8. The van der Waals surface area contributed by atoms with Crippen LogP contribution in [0.1, 0.15) is 45.8 Å². The van der Waals surface area contributed by atoms with Crippen LogP contribution < -0.4 is 5.32 Å². The summed E-state index contributed by atoms with van der Waals surface area (Å²) in [5.74, 6) is 0.473. The van der Waals surface area contributed by atoms with Crippen molar-refractivity contribution < 1.29 is 9.21 Å². The zero-order valence-electron chi connectivity index (χ0n) is 14.4. The van der Waals surface area contributed by atoms with Gasteiger partial charge in [0.1, 0.15) is 23.0 Å². The molecular weight excluding hydrogens is 314 g/mol. The van der Waals surface area contributed by atoms with Crippen molar-refractivity contribution in [2.45, 2.75) is 26.8 Å². The van der Waals surface area contributed by atoms with Gasteiger partial charge in [0.15, 0.2) is 0 Å². The summed E-state index contributed by atoms with van der Waals surface area (Å²) < 4.78 is 7.38. The van der Waals surface area contributed by atoms with Crippen LogP contribution in [0.15, 0.2) is 53.2 Å². The third-order valence-corrected chi connectivity index (χ3v) is 4.25. The number of nitriles is 1. The minimum atomic E-state index is -0.313. The molecule has 126 valence electrons. The molecule has 2 heterocycles. The van der Waals surface area contributed by atoms with Crippen molar-refractivity contribution in [2.24, 2.45) is 0 Å². The van der Waals surface area contributed by atoms with E-state index in [1.165, 1.54) is 0 Å². The Balaban J connectivity index is 1.93. The van der Waals surface area contributed by atoms with Crippen molar-refractivity contribution >= 4 is 5.91 Å². The van der Waals surface area contributed by atoms with Gasteiger partial charge in [0.05, 0.1) is 6.04 Å². The Morgan fingerprint density at radius 1 is 1.20 bits per heavy atom. The highest BCUT2D eigenvalue weighted by molar-refractivity contribution is 5.98. The second-order valence-corrected chi connectivity index (χ2v) is 5.97. The number of carbonyl (C=O) groups excluding carboxylic acids is 1. The predicted molar refractivity (Wildman–Crippen MR) is 94.5 cm³/mol. The summed E-state index contributed by atoms with van der Waals surface area (Å²) >= 11 is 0. The second-order valence-electron chi connectivity index (χ2n) is 5.97. The van der Waals surface area contributed by atoms with Crippen molar-refractivity contribution in [3.8, 4) is 12.0 Å². The lowest BCUT2D eigenvalue weighted by Gasteiger charge is -2.16. The molecule has 0 fully saturated rings. The topological polar surface area (TPSA) is 71.0 Å². The lowest BCUT2D eigenvalue weighted by atomic mass is 10.0.